The Balaban J connectivity index is 0.979. The fourth-order valence-corrected chi connectivity index (χ4v) is 8.81. The van der Waals surface area contributed by atoms with E-state index >= 15 is 0 Å². The fourth-order valence-electron chi connectivity index (χ4n) is 8.81. The Morgan fingerprint density at radius 3 is 1.09 bits per heavy atom. The monoisotopic (exact) mass is 727 g/mol. The molecular weight excluding hydrogens is 695 g/mol. The summed E-state index contributed by atoms with van der Waals surface area (Å²) in [6, 6.07) is 71.8. The number of hydrogen-bond acceptors (Lipinski definition) is 2. The Labute approximate surface area is 328 Å². The van der Waals surface area contributed by atoms with E-state index in [1.54, 1.807) is 0 Å². The normalized spacial score (nSPS) is 11.9. The van der Waals surface area contributed by atoms with Crippen LogP contribution in [-0.4, -0.2) is 4.57 Å². The molecule has 0 radical (unpaired) electrons. The van der Waals surface area contributed by atoms with Crippen LogP contribution in [0.25, 0.3) is 116 Å². The van der Waals surface area contributed by atoms with Gasteiger partial charge in [-0.1, -0.05) is 115 Å². The van der Waals surface area contributed by atoms with Gasteiger partial charge in [-0.3, -0.25) is 0 Å². The number of furan rings is 2. The average molecular weight is 728 g/mol. The molecular formula is C54H33NO2. The van der Waals surface area contributed by atoms with Crippen LogP contribution in [0.1, 0.15) is 0 Å². The summed E-state index contributed by atoms with van der Waals surface area (Å²) in [5.41, 5.74) is 16.6. The van der Waals surface area contributed by atoms with Crippen LogP contribution in [0.3, 0.4) is 0 Å². The van der Waals surface area contributed by atoms with Crippen molar-refractivity contribution in [1.29, 1.82) is 0 Å². The number of fused-ring (bicyclic) bond motifs is 9. The van der Waals surface area contributed by atoms with Crippen molar-refractivity contribution in [2.75, 3.05) is 0 Å². The zero-order valence-electron chi connectivity index (χ0n) is 30.8. The Morgan fingerprint density at radius 2 is 0.614 bits per heavy atom. The van der Waals surface area contributed by atoms with Gasteiger partial charge in [0.15, 0.2) is 0 Å². The lowest BCUT2D eigenvalue weighted by Crippen LogP contribution is -1.93. The van der Waals surface area contributed by atoms with Gasteiger partial charge in [-0.25, -0.2) is 0 Å². The fraction of sp³-hybridized carbons (Fsp3) is 0. The van der Waals surface area contributed by atoms with E-state index < -0.39 is 0 Å². The third-order valence-electron chi connectivity index (χ3n) is 11.6. The molecule has 57 heavy (non-hydrogen) atoms. The van der Waals surface area contributed by atoms with Crippen molar-refractivity contribution in [3.63, 3.8) is 0 Å². The van der Waals surface area contributed by atoms with E-state index in [9.17, 15) is 0 Å². The van der Waals surface area contributed by atoms with E-state index in [4.69, 9.17) is 8.83 Å². The Morgan fingerprint density at radius 1 is 0.246 bits per heavy atom. The van der Waals surface area contributed by atoms with Gasteiger partial charge in [0, 0.05) is 38.0 Å². The molecule has 3 aromatic heterocycles. The molecule has 0 unspecified atom stereocenters. The number of nitrogens with zero attached hydrogens (tertiary/aromatic N) is 1. The van der Waals surface area contributed by atoms with Crippen molar-refractivity contribution in [3.8, 4) is 50.2 Å². The molecule has 0 N–H and O–H groups in total. The van der Waals surface area contributed by atoms with E-state index in [1.807, 2.05) is 24.3 Å². The maximum atomic E-state index is 6.13. The third kappa shape index (κ3) is 5.13. The van der Waals surface area contributed by atoms with Gasteiger partial charge < -0.3 is 13.4 Å². The molecule has 0 amide bonds. The lowest BCUT2D eigenvalue weighted by Gasteiger charge is -2.09. The lowest BCUT2D eigenvalue weighted by atomic mass is 9.96. The van der Waals surface area contributed by atoms with Crippen molar-refractivity contribution in [1.82, 2.24) is 4.57 Å². The van der Waals surface area contributed by atoms with Crippen molar-refractivity contribution in [2.24, 2.45) is 0 Å². The molecule has 0 aliphatic heterocycles. The summed E-state index contributed by atoms with van der Waals surface area (Å²) < 4.78 is 14.6. The lowest BCUT2D eigenvalue weighted by molar-refractivity contribution is 0.668. The van der Waals surface area contributed by atoms with Crippen molar-refractivity contribution < 1.29 is 8.83 Å². The minimum absolute atomic E-state index is 0.909. The predicted octanol–water partition coefficient (Wildman–Crippen LogP) is 15.3. The van der Waals surface area contributed by atoms with Crippen molar-refractivity contribution in [2.45, 2.75) is 0 Å². The second-order valence-corrected chi connectivity index (χ2v) is 14.9. The Kier molecular flexibility index (Phi) is 6.93. The van der Waals surface area contributed by atoms with Gasteiger partial charge in [0.1, 0.15) is 22.3 Å². The van der Waals surface area contributed by atoms with Crippen LogP contribution in [0.15, 0.2) is 209 Å². The maximum Gasteiger partial charge on any atom is 0.135 e. The van der Waals surface area contributed by atoms with Gasteiger partial charge in [-0.05, 0) is 129 Å². The van der Waals surface area contributed by atoms with Gasteiger partial charge in [0.25, 0.3) is 0 Å². The van der Waals surface area contributed by atoms with Gasteiger partial charge in [0.2, 0.25) is 0 Å². The summed E-state index contributed by atoms with van der Waals surface area (Å²) >= 11 is 0. The minimum atomic E-state index is 0.909. The molecule has 12 rings (SSSR count). The maximum absolute atomic E-state index is 6.13. The Bertz CT molecular complexity index is 3310. The summed E-state index contributed by atoms with van der Waals surface area (Å²) in [4.78, 5) is 0. The molecule has 9 aromatic carbocycles. The summed E-state index contributed by atoms with van der Waals surface area (Å²) in [5, 5.41) is 7.00. The summed E-state index contributed by atoms with van der Waals surface area (Å²) in [5.74, 6) is 0. The molecule has 0 aliphatic carbocycles. The molecule has 0 atom stereocenters. The molecule has 0 bridgehead atoms. The van der Waals surface area contributed by atoms with E-state index in [2.05, 4.69) is 180 Å². The second-order valence-electron chi connectivity index (χ2n) is 14.9. The molecule has 3 nitrogen and oxygen atoms in total. The second kappa shape index (κ2) is 12.5. The molecule has 0 saturated heterocycles. The van der Waals surface area contributed by atoms with Crippen LogP contribution >= 0.6 is 0 Å². The van der Waals surface area contributed by atoms with Crippen LogP contribution in [-0.2, 0) is 0 Å². The first-order chi connectivity index (χ1) is 28.2. The number of rotatable bonds is 5. The molecule has 0 saturated carbocycles. The number of para-hydroxylation sites is 3. The summed E-state index contributed by atoms with van der Waals surface area (Å²) in [6.45, 7) is 0. The molecule has 0 spiro atoms. The van der Waals surface area contributed by atoms with Gasteiger partial charge in [0.05, 0.1) is 11.0 Å². The number of benzene rings is 9. The molecule has 3 heteroatoms. The van der Waals surface area contributed by atoms with Crippen LogP contribution in [0.5, 0.6) is 0 Å². The highest BCUT2D eigenvalue weighted by molar-refractivity contribution is 6.12. The van der Waals surface area contributed by atoms with Crippen LogP contribution in [0, 0.1) is 0 Å². The van der Waals surface area contributed by atoms with Gasteiger partial charge >= 0.3 is 0 Å². The third-order valence-corrected chi connectivity index (χ3v) is 11.6. The number of hydrogen-bond donors (Lipinski definition) is 0. The van der Waals surface area contributed by atoms with E-state index in [0.717, 1.165) is 49.6 Å². The molecule has 0 fully saturated rings. The summed E-state index contributed by atoms with van der Waals surface area (Å²) in [6.07, 6.45) is 0. The van der Waals surface area contributed by atoms with Gasteiger partial charge in [-0.15, -0.1) is 0 Å². The highest BCUT2D eigenvalue weighted by Crippen LogP contribution is 2.40. The van der Waals surface area contributed by atoms with Crippen LogP contribution in [0.2, 0.25) is 0 Å². The zero-order chi connectivity index (χ0) is 37.5. The van der Waals surface area contributed by atoms with E-state index in [1.165, 1.54) is 66.3 Å². The first-order valence-corrected chi connectivity index (χ1v) is 19.4. The van der Waals surface area contributed by atoms with Crippen molar-refractivity contribution >= 4 is 65.7 Å². The SMILES string of the molecule is c1ccc(-n2c3ccc(-c4cccc(-c5ccc6oc7ccccc7c6c5)c4)cc3c3cc(-c4cccc(-c5ccc6oc7ccccc7c6c5)c4)ccc32)cc1. The van der Waals surface area contributed by atoms with Crippen LogP contribution < -0.4 is 0 Å². The minimum Gasteiger partial charge on any atom is -0.456 e. The standard InChI is InChI=1S/C54H33NO2/c1-2-14-42(15-3-1)55-49-24-20-38(34-10-8-12-36(28-34)40-22-26-53-47(32-40)43-16-4-6-18-51(43)56-53)30-45(49)46-31-39(21-25-50(46)55)35-11-9-13-37(29-35)41-23-27-54-48(33-41)44-17-5-7-19-52(44)57-54/h1-33H. The van der Waals surface area contributed by atoms with Crippen LogP contribution in [0.4, 0.5) is 0 Å². The summed E-state index contributed by atoms with van der Waals surface area (Å²) in [7, 11) is 0. The highest BCUT2D eigenvalue weighted by atomic mass is 16.3. The number of aromatic nitrogens is 1. The first kappa shape index (κ1) is 31.7. The van der Waals surface area contributed by atoms with E-state index in [0.29, 0.717) is 0 Å². The Hall–Kier alpha value is -7.62. The smallest absolute Gasteiger partial charge is 0.135 e. The largest absolute Gasteiger partial charge is 0.456 e. The molecule has 12 aromatic rings. The van der Waals surface area contributed by atoms with E-state index in [-0.39, 0.29) is 0 Å². The predicted molar refractivity (Wildman–Crippen MR) is 237 cm³/mol. The molecule has 266 valence electrons. The van der Waals surface area contributed by atoms with Crippen molar-refractivity contribution in [3.05, 3.63) is 200 Å². The molecule has 3 heterocycles. The average Bonchev–Trinajstić information content (AvgIpc) is 3.95. The first-order valence-electron chi connectivity index (χ1n) is 19.4. The highest BCUT2D eigenvalue weighted by Gasteiger charge is 2.16. The topological polar surface area (TPSA) is 31.2 Å². The van der Waals surface area contributed by atoms with Gasteiger partial charge in [-0.2, -0.15) is 0 Å². The quantitative estimate of drug-likeness (QED) is 0.177. The zero-order valence-corrected chi connectivity index (χ0v) is 30.8. The molecule has 0 aliphatic rings.